The molecule has 0 aliphatic rings. The van der Waals surface area contributed by atoms with E-state index in [1.165, 1.54) is 28.7 Å². The second-order valence-corrected chi connectivity index (χ2v) is 24.5. The van der Waals surface area contributed by atoms with Gasteiger partial charge in [-0.05, 0) is 52.9 Å². The molecule has 1 radical (unpaired) electrons. The van der Waals surface area contributed by atoms with Crippen LogP contribution in [0.5, 0.6) is 0 Å². The summed E-state index contributed by atoms with van der Waals surface area (Å²) >= 11 is -1.79. The maximum absolute atomic E-state index is 13.3. The predicted octanol–water partition coefficient (Wildman–Crippen LogP) is 11.1. The van der Waals surface area contributed by atoms with Crippen molar-refractivity contribution in [2.45, 2.75) is 44.4 Å². The van der Waals surface area contributed by atoms with Crippen molar-refractivity contribution in [2.75, 3.05) is 0 Å². The van der Waals surface area contributed by atoms with Gasteiger partial charge in [0.2, 0.25) is 0 Å². The molecule has 3 aromatic heterocycles. The normalized spacial score (nSPS) is 12.5. The van der Waals surface area contributed by atoms with E-state index in [1.54, 1.807) is 36.5 Å². The molecular weight excluding hydrogens is 851 g/mol. The fourth-order valence-electron chi connectivity index (χ4n) is 5.39. The minimum Gasteiger partial charge on any atom is 0 e. The van der Waals surface area contributed by atoms with Crippen molar-refractivity contribution < 1.29 is 36.0 Å². The first-order valence-corrected chi connectivity index (χ1v) is 23.2. The van der Waals surface area contributed by atoms with Crippen molar-refractivity contribution in [3.63, 3.8) is 0 Å². The van der Waals surface area contributed by atoms with Gasteiger partial charge in [-0.3, -0.25) is 0 Å². The van der Waals surface area contributed by atoms with Crippen LogP contribution in [-0.2, 0) is 26.5 Å². The van der Waals surface area contributed by atoms with Gasteiger partial charge in [0.1, 0.15) is 11.4 Å². The molecule has 49 heavy (non-hydrogen) atoms. The Morgan fingerprint density at radius 1 is 0.776 bits per heavy atom. The molecule has 0 atom stereocenters. The number of fused-ring (bicyclic) bond motifs is 3. The van der Waals surface area contributed by atoms with Gasteiger partial charge in [-0.2, -0.15) is 0 Å². The van der Waals surface area contributed by atoms with Crippen molar-refractivity contribution in [1.82, 2.24) is 9.97 Å². The fraction of sp³-hybridized carbons (Fsp3) is 0.190. The third kappa shape index (κ3) is 8.80. The van der Waals surface area contributed by atoms with Gasteiger partial charge in [0, 0.05) is 34.4 Å². The van der Waals surface area contributed by atoms with E-state index in [0.29, 0.717) is 28.0 Å². The molecule has 7 heteroatoms. The molecule has 251 valence electrons. The molecule has 0 N–H and O–H groups in total. The van der Waals surface area contributed by atoms with Gasteiger partial charge < -0.3 is 9.40 Å². The summed E-state index contributed by atoms with van der Waals surface area (Å²) in [6.45, 7) is 5.66. The maximum Gasteiger partial charge on any atom is 0 e. The van der Waals surface area contributed by atoms with Crippen LogP contribution in [0.1, 0.15) is 29.1 Å². The van der Waals surface area contributed by atoms with Crippen LogP contribution < -0.4 is 4.40 Å². The molecule has 0 aliphatic carbocycles. The molecular formula is C42H38F2GeIrN2O-2. The van der Waals surface area contributed by atoms with E-state index in [-0.39, 0.29) is 31.7 Å². The molecule has 7 rings (SSSR count). The molecule has 0 unspecified atom stereocenters. The molecule has 3 nitrogen and oxygen atoms in total. The van der Waals surface area contributed by atoms with E-state index < -0.39 is 25.1 Å². The minimum atomic E-state index is -1.79. The topological polar surface area (TPSA) is 38.9 Å². The van der Waals surface area contributed by atoms with Crippen LogP contribution in [0.4, 0.5) is 8.78 Å². The average molecular weight is 892 g/mol. The third-order valence-corrected chi connectivity index (χ3v) is 12.1. The predicted molar refractivity (Wildman–Crippen MR) is 196 cm³/mol. The Kier molecular flexibility index (Phi) is 10.2. The molecule has 0 fully saturated rings. The Labute approximate surface area is 306 Å². The van der Waals surface area contributed by atoms with Crippen molar-refractivity contribution in [3.05, 3.63) is 139 Å². The van der Waals surface area contributed by atoms with Crippen LogP contribution in [-0.4, -0.2) is 23.2 Å². The van der Waals surface area contributed by atoms with E-state index in [9.17, 15) is 8.78 Å². The molecule has 0 saturated heterocycles. The first-order chi connectivity index (χ1) is 23.6. The van der Waals surface area contributed by atoms with Crippen molar-refractivity contribution >= 4 is 39.6 Å². The SMILES string of the molecule is [2H]C([2H])(c1ccnc(-c2[c-]ccc3c2oc2cc(-c4ccc(F)cc4)ccc23)c1)C(C)(C)C.[CH3][Ge]([CH3])([CH3])[c]1ccc(-c2[c-]cc(F)cc2)nc1.[Ir]. The summed E-state index contributed by atoms with van der Waals surface area (Å²) in [6.07, 6.45) is 2.05. The standard InChI is InChI=1S/C28H23FNO.C14H15FGeN.Ir/c1-28(2,3)17-18-13-14-30-25(15-18)24-6-4-5-23-22-12-9-20(16-26(22)31-27(23)24)19-7-10-21(29)11-8-19;1-16(2,3)13-8-9-14(17-10-13)11-4-6-12(15)7-5-11;/h4-5,7-16H,17H2,1-3H3;4,6-10H,1-3H3;/q2*-1;/i17D2;;. The van der Waals surface area contributed by atoms with E-state index in [2.05, 4.69) is 45.4 Å². The first-order valence-electron chi connectivity index (χ1n) is 16.9. The van der Waals surface area contributed by atoms with Gasteiger partial charge in [0.05, 0.1) is 5.58 Å². The van der Waals surface area contributed by atoms with Gasteiger partial charge in [0.15, 0.2) is 0 Å². The molecule has 0 saturated carbocycles. The summed E-state index contributed by atoms with van der Waals surface area (Å²) in [5.41, 5.74) is 6.20. The minimum absolute atomic E-state index is 0. The Morgan fingerprint density at radius 3 is 2.16 bits per heavy atom. The van der Waals surface area contributed by atoms with Gasteiger partial charge in [-0.1, -0.05) is 67.6 Å². The summed E-state index contributed by atoms with van der Waals surface area (Å²) in [6, 6.07) is 34.4. The Bertz CT molecular complexity index is 2280. The van der Waals surface area contributed by atoms with E-state index in [0.717, 1.165) is 33.2 Å². The third-order valence-electron chi connectivity index (χ3n) is 7.83. The first kappa shape index (κ1) is 33.5. The van der Waals surface area contributed by atoms with E-state index in [1.807, 2.05) is 63.4 Å². The number of nitrogens with zero attached hydrogens (tertiary/aromatic N) is 2. The van der Waals surface area contributed by atoms with Gasteiger partial charge in [0.25, 0.3) is 0 Å². The van der Waals surface area contributed by atoms with Gasteiger partial charge >= 0.3 is 104 Å². The zero-order chi connectivity index (χ0) is 35.8. The molecule has 3 heterocycles. The van der Waals surface area contributed by atoms with Gasteiger partial charge in [-0.15, -0.1) is 18.2 Å². The summed E-state index contributed by atoms with van der Waals surface area (Å²) in [5, 5.41) is 1.91. The largest absolute Gasteiger partial charge is 0 e. The average Bonchev–Trinajstić information content (AvgIpc) is 3.47. The van der Waals surface area contributed by atoms with Crippen LogP contribution in [0.3, 0.4) is 0 Å². The van der Waals surface area contributed by atoms with Crippen LogP contribution in [0.15, 0.2) is 114 Å². The summed E-state index contributed by atoms with van der Waals surface area (Å²) in [5.74, 6) is 6.46. The van der Waals surface area contributed by atoms with Crippen LogP contribution in [0.25, 0.3) is 55.6 Å². The smallest absolute Gasteiger partial charge is 0 e. The molecule has 0 spiro atoms. The molecule has 7 aromatic rings. The second-order valence-electron chi connectivity index (χ2n) is 13.8. The molecule has 4 aromatic carbocycles. The number of aromatic nitrogens is 2. The number of rotatable bonds is 5. The van der Waals surface area contributed by atoms with Gasteiger partial charge in [-0.25, -0.2) is 4.39 Å². The number of hydrogen-bond donors (Lipinski definition) is 0. The molecule has 0 amide bonds. The molecule has 0 bridgehead atoms. The Balaban J connectivity index is 0.000000237. The Hall–Kier alpha value is -3.97. The monoisotopic (exact) mass is 893 g/mol. The number of pyridine rings is 2. The summed E-state index contributed by atoms with van der Waals surface area (Å²) < 4.78 is 51.0. The quantitative estimate of drug-likeness (QED) is 0.128. The van der Waals surface area contributed by atoms with Crippen LogP contribution in [0, 0.1) is 29.2 Å². The fourth-order valence-corrected chi connectivity index (χ4v) is 7.57. The number of hydrogen-bond acceptors (Lipinski definition) is 3. The summed E-state index contributed by atoms with van der Waals surface area (Å²) in [7, 11) is 0. The zero-order valence-electron chi connectivity index (χ0n) is 30.3. The van der Waals surface area contributed by atoms with Crippen LogP contribution in [0.2, 0.25) is 17.3 Å². The van der Waals surface area contributed by atoms with Crippen molar-refractivity contribution in [1.29, 1.82) is 0 Å². The number of halogens is 2. The summed E-state index contributed by atoms with van der Waals surface area (Å²) in [4.78, 5) is 8.94. The zero-order valence-corrected chi connectivity index (χ0v) is 32.8. The molecule has 0 aliphatic heterocycles. The van der Waals surface area contributed by atoms with Crippen LogP contribution >= 0.6 is 0 Å². The second kappa shape index (κ2) is 14.9. The van der Waals surface area contributed by atoms with E-state index >= 15 is 0 Å². The van der Waals surface area contributed by atoms with Crippen molar-refractivity contribution in [2.24, 2.45) is 5.41 Å². The number of benzene rings is 4. The number of furan rings is 1. The van der Waals surface area contributed by atoms with E-state index in [4.69, 9.17) is 7.16 Å². The maximum atomic E-state index is 13.3. The Morgan fingerprint density at radius 2 is 1.51 bits per heavy atom. The van der Waals surface area contributed by atoms with Crippen molar-refractivity contribution in [3.8, 4) is 33.6 Å².